The Morgan fingerprint density at radius 3 is 2.55 bits per heavy atom. The summed E-state index contributed by atoms with van der Waals surface area (Å²) in [5.41, 5.74) is 2.08. The van der Waals surface area contributed by atoms with Crippen molar-refractivity contribution in [2.75, 3.05) is 39.3 Å². The molecular formula is C23H29N5O5. The van der Waals surface area contributed by atoms with E-state index in [1.807, 2.05) is 26.0 Å². The first-order valence-electron chi connectivity index (χ1n) is 10.9. The van der Waals surface area contributed by atoms with Crippen molar-refractivity contribution < 1.29 is 23.5 Å². The number of anilines is 1. The molecule has 3 aromatic rings. The third-order valence-corrected chi connectivity index (χ3v) is 5.88. The van der Waals surface area contributed by atoms with Crippen molar-refractivity contribution in [2.24, 2.45) is 5.92 Å². The molecule has 10 nitrogen and oxygen atoms in total. The van der Waals surface area contributed by atoms with Gasteiger partial charge in [0.2, 0.25) is 11.7 Å². The van der Waals surface area contributed by atoms with Gasteiger partial charge in [-0.25, -0.2) is 4.98 Å². The van der Waals surface area contributed by atoms with Gasteiger partial charge in [0.1, 0.15) is 17.0 Å². The number of rotatable bonds is 7. The molecule has 176 valence electrons. The number of nitrogens with zero attached hydrogens (tertiary/aromatic N) is 4. The van der Waals surface area contributed by atoms with E-state index < -0.39 is 0 Å². The number of ether oxygens (including phenoxy) is 3. The number of fused-ring (bicyclic) bond motifs is 1. The van der Waals surface area contributed by atoms with Crippen LogP contribution >= 0.6 is 0 Å². The summed E-state index contributed by atoms with van der Waals surface area (Å²) < 4.78 is 21.5. The highest BCUT2D eigenvalue weighted by atomic mass is 16.5. The molecule has 1 aliphatic heterocycles. The Bertz CT molecular complexity index is 1140. The van der Waals surface area contributed by atoms with Crippen LogP contribution in [0, 0.1) is 19.8 Å². The Kier molecular flexibility index (Phi) is 6.52. The summed E-state index contributed by atoms with van der Waals surface area (Å²) in [5.74, 6) is 2.85. The van der Waals surface area contributed by atoms with E-state index in [2.05, 4.69) is 25.3 Å². The van der Waals surface area contributed by atoms with Crippen molar-refractivity contribution in [3.8, 4) is 17.2 Å². The van der Waals surface area contributed by atoms with Crippen LogP contribution in [0.2, 0.25) is 0 Å². The van der Waals surface area contributed by atoms with Gasteiger partial charge in [0.25, 0.3) is 5.71 Å². The minimum Gasteiger partial charge on any atom is -0.493 e. The molecule has 0 radical (unpaired) electrons. The topological polar surface area (TPSA) is 112 Å². The van der Waals surface area contributed by atoms with E-state index in [1.165, 1.54) is 0 Å². The average molecular weight is 456 g/mol. The lowest BCUT2D eigenvalue weighted by molar-refractivity contribution is -0.125. The van der Waals surface area contributed by atoms with Crippen molar-refractivity contribution in [1.82, 2.24) is 20.4 Å². The molecule has 1 aliphatic rings. The number of methoxy groups -OCH3 is 3. The fourth-order valence-electron chi connectivity index (χ4n) is 4.26. The van der Waals surface area contributed by atoms with E-state index in [9.17, 15) is 4.79 Å². The van der Waals surface area contributed by atoms with Gasteiger partial charge in [0.15, 0.2) is 11.5 Å². The van der Waals surface area contributed by atoms with Crippen LogP contribution in [0.15, 0.2) is 16.7 Å². The van der Waals surface area contributed by atoms with Gasteiger partial charge in [-0.05, 0) is 44.4 Å². The molecule has 1 atom stereocenters. The highest BCUT2D eigenvalue weighted by Crippen LogP contribution is 2.38. The third kappa shape index (κ3) is 4.50. The molecule has 0 bridgehead atoms. The van der Waals surface area contributed by atoms with E-state index in [-0.39, 0.29) is 11.8 Å². The molecular weight excluding hydrogens is 426 g/mol. The normalized spacial score (nSPS) is 16.0. The zero-order valence-corrected chi connectivity index (χ0v) is 19.6. The molecule has 2 aromatic heterocycles. The summed E-state index contributed by atoms with van der Waals surface area (Å²) in [4.78, 5) is 24.1. The number of piperidine rings is 1. The number of carbonyl (C=O) groups is 1. The fraction of sp³-hybridized carbons (Fsp3) is 0.478. The Morgan fingerprint density at radius 1 is 1.15 bits per heavy atom. The van der Waals surface area contributed by atoms with Gasteiger partial charge in [-0.3, -0.25) is 4.79 Å². The van der Waals surface area contributed by atoms with Crippen molar-refractivity contribution in [3.63, 3.8) is 0 Å². The summed E-state index contributed by atoms with van der Waals surface area (Å²) in [7, 11) is 4.70. The van der Waals surface area contributed by atoms with Gasteiger partial charge in [-0.1, -0.05) is 5.16 Å². The molecule has 10 heteroatoms. The number of carbonyl (C=O) groups excluding carboxylic acids is 1. The minimum absolute atomic E-state index is 0.00230. The Morgan fingerprint density at radius 2 is 1.88 bits per heavy atom. The molecule has 0 saturated carbocycles. The van der Waals surface area contributed by atoms with Crippen LogP contribution in [0.3, 0.4) is 0 Å². The quantitative estimate of drug-likeness (QED) is 0.575. The van der Waals surface area contributed by atoms with E-state index in [4.69, 9.17) is 18.7 Å². The standard InChI is InChI=1S/C23H29N5O5/c1-13-19-21(25-14(2)26-23(19)33-27-13)28-8-6-7-16(12-28)22(29)24-11-15-9-17(30-3)20(32-5)18(10-15)31-4/h9-10,16H,6-8,11-12H2,1-5H3,(H,24,29)/t16-/m1/s1. The molecule has 0 spiro atoms. The van der Waals surface area contributed by atoms with E-state index >= 15 is 0 Å². The number of aromatic nitrogens is 3. The summed E-state index contributed by atoms with van der Waals surface area (Å²) >= 11 is 0. The summed E-state index contributed by atoms with van der Waals surface area (Å²) in [5, 5.41) is 7.90. The van der Waals surface area contributed by atoms with Crippen LogP contribution in [0.5, 0.6) is 17.2 Å². The maximum absolute atomic E-state index is 13.0. The van der Waals surface area contributed by atoms with Gasteiger partial charge in [-0.2, -0.15) is 4.98 Å². The highest BCUT2D eigenvalue weighted by Gasteiger charge is 2.29. The van der Waals surface area contributed by atoms with Gasteiger partial charge >= 0.3 is 0 Å². The first kappa shape index (κ1) is 22.6. The van der Waals surface area contributed by atoms with Gasteiger partial charge < -0.3 is 29.0 Å². The zero-order valence-electron chi connectivity index (χ0n) is 19.6. The second-order valence-electron chi connectivity index (χ2n) is 8.08. The van der Waals surface area contributed by atoms with Gasteiger partial charge in [0, 0.05) is 19.6 Å². The van der Waals surface area contributed by atoms with Crippen LogP contribution in [0.4, 0.5) is 5.82 Å². The zero-order chi connectivity index (χ0) is 23.5. The molecule has 33 heavy (non-hydrogen) atoms. The van der Waals surface area contributed by atoms with Gasteiger partial charge in [-0.15, -0.1) is 0 Å². The summed E-state index contributed by atoms with van der Waals surface area (Å²) in [6, 6.07) is 3.67. The average Bonchev–Trinajstić information content (AvgIpc) is 3.21. The monoisotopic (exact) mass is 455 g/mol. The molecule has 1 saturated heterocycles. The fourth-order valence-corrected chi connectivity index (χ4v) is 4.26. The maximum Gasteiger partial charge on any atom is 0.263 e. The van der Waals surface area contributed by atoms with Crippen molar-refractivity contribution in [2.45, 2.75) is 33.2 Å². The molecule has 3 heterocycles. The molecule has 4 rings (SSSR count). The van der Waals surface area contributed by atoms with Crippen LogP contribution in [-0.2, 0) is 11.3 Å². The number of hydrogen-bond acceptors (Lipinski definition) is 9. The van der Waals surface area contributed by atoms with Crippen LogP contribution in [-0.4, -0.2) is 55.5 Å². The first-order valence-corrected chi connectivity index (χ1v) is 10.9. The number of amides is 1. The van der Waals surface area contributed by atoms with E-state index in [0.29, 0.717) is 41.9 Å². The minimum atomic E-state index is -0.161. The van der Waals surface area contributed by atoms with E-state index in [0.717, 1.165) is 41.8 Å². The Balaban J connectivity index is 1.48. The lowest BCUT2D eigenvalue weighted by Gasteiger charge is -2.33. The molecule has 1 amide bonds. The number of nitrogens with one attached hydrogen (secondary N) is 1. The van der Waals surface area contributed by atoms with Crippen LogP contribution in [0.1, 0.15) is 29.9 Å². The maximum atomic E-state index is 13.0. The predicted molar refractivity (Wildman–Crippen MR) is 122 cm³/mol. The van der Waals surface area contributed by atoms with Gasteiger partial charge in [0.05, 0.1) is 32.9 Å². The second kappa shape index (κ2) is 9.51. The van der Waals surface area contributed by atoms with E-state index in [1.54, 1.807) is 21.3 Å². The SMILES string of the molecule is COc1cc(CNC(=O)[C@@H]2CCCN(c3nc(C)nc4onc(C)c34)C2)cc(OC)c1OC. The molecule has 0 unspecified atom stereocenters. The lowest BCUT2D eigenvalue weighted by atomic mass is 9.96. The molecule has 0 aliphatic carbocycles. The smallest absolute Gasteiger partial charge is 0.263 e. The van der Waals surface area contributed by atoms with Crippen LogP contribution < -0.4 is 24.4 Å². The van der Waals surface area contributed by atoms with Crippen LogP contribution in [0.25, 0.3) is 11.1 Å². The lowest BCUT2D eigenvalue weighted by Crippen LogP contribution is -2.43. The number of hydrogen-bond donors (Lipinski definition) is 1. The highest BCUT2D eigenvalue weighted by molar-refractivity contribution is 5.88. The Labute approximate surface area is 192 Å². The molecule has 1 N–H and O–H groups in total. The molecule has 1 fully saturated rings. The number of aryl methyl sites for hydroxylation is 2. The summed E-state index contributed by atoms with van der Waals surface area (Å²) in [6.45, 7) is 5.43. The predicted octanol–water partition coefficient (Wildman–Crippen LogP) is 2.79. The number of benzene rings is 1. The molecule has 1 aromatic carbocycles. The Hall–Kier alpha value is -3.56. The first-order chi connectivity index (χ1) is 15.9. The second-order valence-corrected chi connectivity index (χ2v) is 8.08. The summed E-state index contributed by atoms with van der Waals surface area (Å²) in [6.07, 6.45) is 1.70. The van der Waals surface area contributed by atoms with Crippen molar-refractivity contribution in [1.29, 1.82) is 0 Å². The largest absolute Gasteiger partial charge is 0.493 e. The van der Waals surface area contributed by atoms with Crippen molar-refractivity contribution >= 4 is 22.8 Å². The van der Waals surface area contributed by atoms with Crippen molar-refractivity contribution in [3.05, 3.63) is 29.2 Å². The third-order valence-electron chi connectivity index (χ3n) is 5.88.